The second-order valence-corrected chi connectivity index (χ2v) is 5.05. The number of hydrogen-bond donors (Lipinski definition) is 2. The number of methoxy groups -OCH3 is 1. The Bertz CT molecular complexity index is 347. The Labute approximate surface area is 98.9 Å². The van der Waals surface area contributed by atoms with E-state index in [9.17, 15) is 0 Å². The van der Waals surface area contributed by atoms with Gasteiger partial charge in [-0.1, -0.05) is 6.07 Å². The van der Waals surface area contributed by atoms with Crippen LogP contribution in [0.5, 0.6) is 5.75 Å². The van der Waals surface area contributed by atoms with Gasteiger partial charge < -0.3 is 16.2 Å². The summed E-state index contributed by atoms with van der Waals surface area (Å²) in [5.74, 6) is 0.792. The normalized spacial score (nSPS) is 13.7. The van der Waals surface area contributed by atoms with Gasteiger partial charge in [0.1, 0.15) is 5.75 Å². The average Bonchev–Trinajstić information content (AvgIpc) is 2.15. The molecule has 1 rings (SSSR count). The van der Waals surface area contributed by atoms with Gasteiger partial charge in [0.25, 0.3) is 0 Å². The highest BCUT2D eigenvalue weighted by Crippen LogP contribution is 2.29. The van der Waals surface area contributed by atoms with E-state index in [1.54, 1.807) is 7.11 Å². The lowest BCUT2D eigenvalue weighted by Gasteiger charge is -2.27. The minimum Gasteiger partial charge on any atom is -0.496 e. The molecule has 0 amide bonds. The summed E-state index contributed by atoms with van der Waals surface area (Å²) >= 11 is 3.42. The van der Waals surface area contributed by atoms with Crippen LogP contribution in [0, 0.1) is 0 Å². The Morgan fingerprint density at radius 3 is 2.40 bits per heavy atom. The molecule has 0 radical (unpaired) electrons. The maximum atomic E-state index is 6.05. The third-order valence-corrected chi connectivity index (χ3v) is 2.96. The van der Waals surface area contributed by atoms with Crippen LogP contribution in [0.25, 0.3) is 0 Å². The molecule has 15 heavy (non-hydrogen) atoms. The van der Waals surface area contributed by atoms with Gasteiger partial charge in [-0.05, 0) is 47.5 Å². The summed E-state index contributed by atoms with van der Waals surface area (Å²) in [4.78, 5) is 0. The molecule has 4 heteroatoms. The molecule has 0 saturated heterocycles. The summed E-state index contributed by atoms with van der Waals surface area (Å²) in [5.41, 5.74) is 12.6. The van der Waals surface area contributed by atoms with Crippen LogP contribution in [0.3, 0.4) is 0 Å². The number of rotatable bonds is 3. The molecule has 0 fully saturated rings. The quantitative estimate of drug-likeness (QED) is 0.887. The van der Waals surface area contributed by atoms with E-state index in [2.05, 4.69) is 15.9 Å². The molecular formula is C11H17BrN2O. The van der Waals surface area contributed by atoms with Crippen LogP contribution in [0.2, 0.25) is 0 Å². The van der Waals surface area contributed by atoms with E-state index >= 15 is 0 Å². The number of benzene rings is 1. The van der Waals surface area contributed by atoms with E-state index in [1.165, 1.54) is 0 Å². The summed E-state index contributed by atoms with van der Waals surface area (Å²) < 4.78 is 6.04. The van der Waals surface area contributed by atoms with E-state index in [0.717, 1.165) is 15.8 Å². The zero-order chi connectivity index (χ0) is 11.6. The topological polar surface area (TPSA) is 61.3 Å². The van der Waals surface area contributed by atoms with Gasteiger partial charge in [0.2, 0.25) is 0 Å². The fourth-order valence-corrected chi connectivity index (χ4v) is 1.86. The highest BCUT2D eigenvalue weighted by Gasteiger charge is 2.23. The minimum atomic E-state index is -0.436. The Morgan fingerprint density at radius 2 is 2.00 bits per heavy atom. The molecule has 0 bridgehead atoms. The largest absolute Gasteiger partial charge is 0.496 e. The molecule has 1 aromatic rings. The van der Waals surface area contributed by atoms with Gasteiger partial charge in [-0.2, -0.15) is 0 Å². The summed E-state index contributed by atoms with van der Waals surface area (Å²) in [6.45, 7) is 3.83. The summed E-state index contributed by atoms with van der Waals surface area (Å²) in [6.07, 6.45) is 0. The van der Waals surface area contributed by atoms with Crippen LogP contribution in [0.15, 0.2) is 22.7 Å². The van der Waals surface area contributed by atoms with Crippen LogP contribution in [0.4, 0.5) is 0 Å². The second-order valence-electron chi connectivity index (χ2n) is 4.19. The van der Waals surface area contributed by atoms with Gasteiger partial charge in [-0.3, -0.25) is 0 Å². The third-order valence-electron chi connectivity index (χ3n) is 2.34. The van der Waals surface area contributed by atoms with E-state index < -0.39 is 5.54 Å². The lowest BCUT2D eigenvalue weighted by molar-refractivity contribution is 0.407. The number of nitrogens with two attached hydrogens (primary N) is 2. The zero-order valence-electron chi connectivity index (χ0n) is 9.25. The summed E-state index contributed by atoms with van der Waals surface area (Å²) in [5, 5.41) is 0. The van der Waals surface area contributed by atoms with Gasteiger partial charge in [0, 0.05) is 11.6 Å². The molecule has 0 aliphatic rings. The van der Waals surface area contributed by atoms with E-state index in [-0.39, 0.29) is 6.04 Å². The second kappa shape index (κ2) is 4.51. The molecule has 0 aromatic heterocycles. The maximum absolute atomic E-state index is 6.05. The SMILES string of the molecule is COc1ccc(C(N)C(C)(C)N)cc1Br. The van der Waals surface area contributed by atoms with Crippen molar-refractivity contribution in [1.29, 1.82) is 0 Å². The van der Waals surface area contributed by atoms with Crippen LogP contribution < -0.4 is 16.2 Å². The Morgan fingerprint density at radius 1 is 1.40 bits per heavy atom. The van der Waals surface area contributed by atoms with E-state index in [1.807, 2.05) is 32.0 Å². The summed E-state index contributed by atoms with van der Waals surface area (Å²) in [6, 6.07) is 5.56. The molecule has 4 N–H and O–H groups in total. The van der Waals surface area contributed by atoms with Crippen molar-refractivity contribution in [3.8, 4) is 5.75 Å². The van der Waals surface area contributed by atoms with Gasteiger partial charge in [0.05, 0.1) is 11.6 Å². The average molecular weight is 273 g/mol. The highest BCUT2D eigenvalue weighted by atomic mass is 79.9. The Hall–Kier alpha value is -0.580. The van der Waals surface area contributed by atoms with Gasteiger partial charge in [-0.25, -0.2) is 0 Å². The van der Waals surface area contributed by atoms with Crippen molar-refractivity contribution in [1.82, 2.24) is 0 Å². The molecule has 0 aliphatic carbocycles. The van der Waals surface area contributed by atoms with E-state index in [4.69, 9.17) is 16.2 Å². The lowest BCUT2D eigenvalue weighted by atomic mass is 9.90. The van der Waals surface area contributed by atoms with Crippen molar-refractivity contribution in [3.05, 3.63) is 28.2 Å². The van der Waals surface area contributed by atoms with Gasteiger partial charge in [0.15, 0.2) is 0 Å². The first kappa shape index (κ1) is 12.5. The first-order chi connectivity index (χ1) is 6.86. The smallest absolute Gasteiger partial charge is 0.133 e. The van der Waals surface area contributed by atoms with Crippen molar-refractivity contribution >= 4 is 15.9 Å². The molecule has 0 spiro atoms. The van der Waals surface area contributed by atoms with Crippen molar-refractivity contribution in [2.75, 3.05) is 7.11 Å². The molecule has 84 valence electrons. The fourth-order valence-electron chi connectivity index (χ4n) is 1.31. The Balaban J connectivity index is 3.02. The molecule has 3 nitrogen and oxygen atoms in total. The molecule has 1 unspecified atom stereocenters. The van der Waals surface area contributed by atoms with Gasteiger partial charge in [-0.15, -0.1) is 0 Å². The van der Waals surface area contributed by atoms with Crippen LogP contribution in [0.1, 0.15) is 25.5 Å². The number of hydrogen-bond acceptors (Lipinski definition) is 3. The minimum absolute atomic E-state index is 0.195. The Kier molecular flexibility index (Phi) is 3.76. The van der Waals surface area contributed by atoms with E-state index in [0.29, 0.717) is 0 Å². The van der Waals surface area contributed by atoms with Crippen molar-refractivity contribution < 1.29 is 4.74 Å². The first-order valence-electron chi connectivity index (χ1n) is 4.74. The molecule has 0 heterocycles. The molecule has 0 aliphatic heterocycles. The predicted molar refractivity (Wildman–Crippen MR) is 65.9 cm³/mol. The van der Waals surface area contributed by atoms with Crippen molar-refractivity contribution in [2.45, 2.75) is 25.4 Å². The highest BCUT2D eigenvalue weighted by molar-refractivity contribution is 9.10. The predicted octanol–water partition coefficient (Wildman–Crippen LogP) is 2.19. The fraction of sp³-hybridized carbons (Fsp3) is 0.455. The molecule has 1 atom stereocenters. The first-order valence-corrected chi connectivity index (χ1v) is 5.53. The third kappa shape index (κ3) is 2.93. The molecule has 1 aromatic carbocycles. The zero-order valence-corrected chi connectivity index (χ0v) is 10.8. The monoisotopic (exact) mass is 272 g/mol. The summed E-state index contributed by atoms with van der Waals surface area (Å²) in [7, 11) is 1.63. The number of halogens is 1. The van der Waals surface area contributed by atoms with Gasteiger partial charge >= 0.3 is 0 Å². The lowest BCUT2D eigenvalue weighted by Crippen LogP contribution is -2.43. The van der Waals surface area contributed by atoms with Crippen molar-refractivity contribution in [3.63, 3.8) is 0 Å². The molecular weight excluding hydrogens is 256 g/mol. The van der Waals surface area contributed by atoms with Crippen molar-refractivity contribution in [2.24, 2.45) is 11.5 Å². The molecule has 0 saturated carbocycles. The maximum Gasteiger partial charge on any atom is 0.133 e. The standard InChI is InChI=1S/C11H17BrN2O/c1-11(2,14)10(13)7-4-5-9(15-3)8(12)6-7/h4-6,10H,13-14H2,1-3H3. The number of ether oxygens (including phenoxy) is 1. The van der Waals surface area contributed by atoms with Crippen LogP contribution in [-0.2, 0) is 0 Å². The van der Waals surface area contributed by atoms with Crippen LogP contribution in [-0.4, -0.2) is 12.6 Å². The van der Waals surface area contributed by atoms with Crippen LogP contribution >= 0.6 is 15.9 Å².